The lowest BCUT2D eigenvalue weighted by Crippen LogP contribution is -1.90. The minimum atomic E-state index is 0.562. The number of rotatable bonds is 2. The van der Waals surface area contributed by atoms with E-state index in [9.17, 15) is 0 Å². The van der Waals surface area contributed by atoms with Gasteiger partial charge in [-0.25, -0.2) is 0 Å². The fraction of sp³-hybridized carbons (Fsp3) is 1.00. The van der Waals surface area contributed by atoms with Crippen molar-refractivity contribution < 1.29 is 9.47 Å². The van der Waals surface area contributed by atoms with E-state index < -0.39 is 0 Å². The first-order valence-electron chi connectivity index (χ1n) is 2.68. The van der Waals surface area contributed by atoms with Crippen LogP contribution in [0.15, 0.2) is 0 Å². The van der Waals surface area contributed by atoms with E-state index >= 15 is 0 Å². The molecule has 2 aliphatic heterocycles. The average Bonchev–Trinajstić information content (AvgIpc) is 2.33. The van der Waals surface area contributed by atoms with Gasteiger partial charge in [0.15, 0.2) is 0 Å². The highest BCUT2D eigenvalue weighted by Gasteiger charge is 2.32. The Morgan fingerprint density at radius 1 is 1.14 bits per heavy atom. The largest absolute Gasteiger partial charge is 0.373 e. The van der Waals surface area contributed by atoms with E-state index in [0.717, 1.165) is 19.6 Å². The Bertz CT molecular complexity index is 64.1. The summed E-state index contributed by atoms with van der Waals surface area (Å²) in [5, 5.41) is 0. The fourth-order valence-electron chi connectivity index (χ4n) is 0.701. The molecule has 2 nitrogen and oxygen atoms in total. The first kappa shape index (κ1) is 3.87. The van der Waals surface area contributed by atoms with Gasteiger partial charge in [-0.15, -0.1) is 0 Å². The minimum Gasteiger partial charge on any atom is -0.373 e. The summed E-state index contributed by atoms with van der Waals surface area (Å²) in [7, 11) is 0. The van der Waals surface area contributed by atoms with Gasteiger partial charge in [-0.3, -0.25) is 0 Å². The quantitative estimate of drug-likeness (QED) is 0.462. The minimum absolute atomic E-state index is 0.562. The summed E-state index contributed by atoms with van der Waals surface area (Å²) in [6.07, 6.45) is 2.26. The molecule has 0 N–H and O–H groups in total. The topological polar surface area (TPSA) is 25.1 Å². The van der Waals surface area contributed by atoms with E-state index in [1.165, 1.54) is 0 Å². The maximum atomic E-state index is 4.98. The second-order valence-electron chi connectivity index (χ2n) is 2.15. The van der Waals surface area contributed by atoms with Crippen LogP contribution in [0.4, 0.5) is 0 Å². The Labute approximate surface area is 42.4 Å². The van der Waals surface area contributed by atoms with Crippen LogP contribution >= 0.6 is 0 Å². The Morgan fingerprint density at radius 3 is 1.86 bits per heavy atom. The lowest BCUT2D eigenvalue weighted by Gasteiger charge is -1.80. The van der Waals surface area contributed by atoms with Gasteiger partial charge in [0, 0.05) is 6.42 Å². The SMILES string of the molecule is C1OC1C[C@@H]1CO1. The molecule has 2 heterocycles. The molecule has 1 unspecified atom stereocenters. The van der Waals surface area contributed by atoms with Crippen molar-refractivity contribution in [2.75, 3.05) is 13.2 Å². The molecule has 7 heavy (non-hydrogen) atoms. The third kappa shape index (κ3) is 0.924. The van der Waals surface area contributed by atoms with Crippen molar-refractivity contribution in [3.05, 3.63) is 0 Å². The molecule has 2 rings (SSSR count). The Morgan fingerprint density at radius 2 is 1.57 bits per heavy atom. The van der Waals surface area contributed by atoms with E-state index in [4.69, 9.17) is 9.47 Å². The highest BCUT2D eigenvalue weighted by atomic mass is 16.6. The number of ether oxygens (including phenoxy) is 2. The van der Waals surface area contributed by atoms with E-state index in [1.54, 1.807) is 0 Å². The number of hydrogen-bond donors (Lipinski definition) is 0. The van der Waals surface area contributed by atoms with Crippen molar-refractivity contribution in [2.45, 2.75) is 18.6 Å². The fourth-order valence-corrected chi connectivity index (χ4v) is 0.701. The van der Waals surface area contributed by atoms with Gasteiger partial charge >= 0.3 is 0 Å². The van der Waals surface area contributed by atoms with E-state index in [2.05, 4.69) is 0 Å². The molecule has 2 heteroatoms. The van der Waals surface area contributed by atoms with Gasteiger partial charge in [0.1, 0.15) is 0 Å². The Balaban J connectivity index is 1.69. The van der Waals surface area contributed by atoms with Crippen molar-refractivity contribution in [3.63, 3.8) is 0 Å². The van der Waals surface area contributed by atoms with E-state index in [1.807, 2.05) is 0 Å². The second kappa shape index (κ2) is 1.20. The second-order valence-corrected chi connectivity index (χ2v) is 2.15. The van der Waals surface area contributed by atoms with Gasteiger partial charge in [-0.05, 0) is 0 Å². The van der Waals surface area contributed by atoms with Gasteiger partial charge in [0.2, 0.25) is 0 Å². The van der Waals surface area contributed by atoms with E-state index in [-0.39, 0.29) is 0 Å². The van der Waals surface area contributed by atoms with Crippen molar-refractivity contribution in [3.8, 4) is 0 Å². The first-order valence-corrected chi connectivity index (χ1v) is 2.68. The summed E-state index contributed by atoms with van der Waals surface area (Å²) in [5.41, 5.74) is 0. The van der Waals surface area contributed by atoms with Crippen molar-refractivity contribution in [1.29, 1.82) is 0 Å². The molecule has 2 fully saturated rings. The van der Waals surface area contributed by atoms with Crippen LogP contribution in [0.3, 0.4) is 0 Å². The standard InChI is InChI=1S/C5H8O2/c1(4-2-6-4)5-3-7-5/h4-5H,1-3H2/t4-,5?/m1/s1. The molecule has 2 saturated heterocycles. The summed E-state index contributed by atoms with van der Waals surface area (Å²) in [6, 6.07) is 0. The summed E-state index contributed by atoms with van der Waals surface area (Å²) >= 11 is 0. The van der Waals surface area contributed by atoms with Gasteiger partial charge in [-0.2, -0.15) is 0 Å². The predicted molar refractivity (Wildman–Crippen MR) is 24.1 cm³/mol. The first-order chi connectivity index (χ1) is 3.45. The van der Waals surface area contributed by atoms with Gasteiger partial charge in [0.05, 0.1) is 25.4 Å². The molecule has 0 aromatic rings. The third-order valence-corrected chi connectivity index (χ3v) is 1.33. The molecule has 0 saturated carbocycles. The number of epoxide rings is 2. The highest BCUT2D eigenvalue weighted by molar-refractivity contribution is 4.79. The van der Waals surface area contributed by atoms with Gasteiger partial charge < -0.3 is 9.47 Å². The molecule has 0 aromatic heterocycles. The molecule has 2 aliphatic rings. The Kier molecular flexibility index (Phi) is 0.664. The highest BCUT2D eigenvalue weighted by Crippen LogP contribution is 2.23. The van der Waals surface area contributed by atoms with Crippen LogP contribution in [0.1, 0.15) is 6.42 Å². The zero-order valence-electron chi connectivity index (χ0n) is 4.09. The maximum Gasteiger partial charge on any atom is 0.0835 e. The molecule has 0 spiro atoms. The van der Waals surface area contributed by atoms with E-state index in [0.29, 0.717) is 12.2 Å². The zero-order valence-corrected chi connectivity index (χ0v) is 4.09. The molecule has 0 aromatic carbocycles. The third-order valence-electron chi connectivity index (χ3n) is 1.33. The van der Waals surface area contributed by atoms with Gasteiger partial charge in [0.25, 0.3) is 0 Å². The van der Waals surface area contributed by atoms with Crippen LogP contribution < -0.4 is 0 Å². The van der Waals surface area contributed by atoms with Crippen LogP contribution in [0, 0.1) is 0 Å². The summed E-state index contributed by atoms with van der Waals surface area (Å²) in [4.78, 5) is 0. The van der Waals surface area contributed by atoms with Crippen LogP contribution in [0.2, 0.25) is 0 Å². The lowest BCUT2D eigenvalue weighted by atomic mass is 10.3. The predicted octanol–water partition coefficient (Wildman–Crippen LogP) is 0.174. The monoisotopic (exact) mass is 100 g/mol. The van der Waals surface area contributed by atoms with Crippen LogP contribution in [-0.2, 0) is 9.47 Å². The van der Waals surface area contributed by atoms with Crippen LogP contribution in [-0.4, -0.2) is 25.4 Å². The molecule has 0 aliphatic carbocycles. The van der Waals surface area contributed by atoms with Gasteiger partial charge in [-0.1, -0.05) is 0 Å². The van der Waals surface area contributed by atoms with Crippen molar-refractivity contribution >= 4 is 0 Å². The summed E-state index contributed by atoms with van der Waals surface area (Å²) in [5.74, 6) is 0. The average molecular weight is 100 g/mol. The normalized spacial score (nSPS) is 46.3. The summed E-state index contributed by atoms with van der Waals surface area (Å²) < 4.78 is 9.96. The molecule has 0 bridgehead atoms. The van der Waals surface area contributed by atoms with Crippen molar-refractivity contribution in [1.82, 2.24) is 0 Å². The smallest absolute Gasteiger partial charge is 0.0835 e. The zero-order chi connectivity index (χ0) is 4.69. The van der Waals surface area contributed by atoms with Crippen LogP contribution in [0.5, 0.6) is 0 Å². The summed E-state index contributed by atoms with van der Waals surface area (Å²) in [6.45, 7) is 1.94. The molecule has 0 amide bonds. The molecular formula is C5H8O2. The Hall–Kier alpha value is -0.0800. The molecular weight excluding hydrogens is 92.1 g/mol. The maximum absolute atomic E-state index is 4.98. The van der Waals surface area contributed by atoms with Crippen molar-refractivity contribution in [2.24, 2.45) is 0 Å². The molecule has 0 radical (unpaired) electrons. The van der Waals surface area contributed by atoms with Crippen LogP contribution in [0.25, 0.3) is 0 Å². The lowest BCUT2D eigenvalue weighted by molar-refractivity contribution is 0.344. The molecule has 40 valence electrons. The number of hydrogen-bond acceptors (Lipinski definition) is 2. The molecule has 2 atom stereocenters.